The second-order valence-corrected chi connectivity index (χ2v) is 8.51. The maximum atomic E-state index is 11.9. The number of carbonyl (C=O) groups excluding carboxylic acids is 4. The van der Waals surface area contributed by atoms with E-state index in [1.807, 2.05) is 34.7 Å². The molecule has 2 amide bonds. The van der Waals surface area contributed by atoms with Crippen LogP contribution in [0.25, 0.3) is 0 Å². The molecule has 0 rings (SSSR count). The van der Waals surface area contributed by atoms with Crippen LogP contribution in [0.15, 0.2) is 0 Å². The third-order valence-corrected chi connectivity index (χ3v) is 5.22. The van der Waals surface area contributed by atoms with Crippen molar-refractivity contribution in [1.82, 2.24) is 10.2 Å². The number of hydrogen-bond acceptors (Lipinski definition) is 4. The van der Waals surface area contributed by atoms with Crippen molar-refractivity contribution < 1.29 is 19.2 Å². The molecule has 168 valence electrons. The molecular formula is C23H42N2O4. The maximum absolute atomic E-state index is 11.9. The van der Waals surface area contributed by atoms with E-state index in [2.05, 4.69) is 5.32 Å². The van der Waals surface area contributed by atoms with Gasteiger partial charge in [0.05, 0.1) is 6.54 Å². The minimum atomic E-state index is -0.0960. The SMILES string of the molecule is CC(C)C(=O)CCCCCC(=O)NCC(=O)CCCCCCC(=O)N(C)C(C)C. The Hall–Kier alpha value is -1.72. The Morgan fingerprint density at radius 1 is 0.724 bits per heavy atom. The van der Waals surface area contributed by atoms with Gasteiger partial charge in [0, 0.05) is 44.7 Å². The number of nitrogens with zero attached hydrogens (tertiary/aromatic N) is 1. The van der Waals surface area contributed by atoms with Crippen LogP contribution in [-0.4, -0.2) is 47.9 Å². The smallest absolute Gasteiger partial charge is 0.222 e. The summed E-state index contributed by atoms with van der Waals surface area (Å²) in [6, 6.07) is 0.226. The molecule has 6 nitrogen and oxygen atoms in total. The zero-order valence-corrected chi connectivity index (χ0v) is 19.2. The monoisotopic (exact) mass is 410 g/mol. The Kier molecular flexibility index (Phi) is 15.2. The summed E-state index contributed by atoms with van der Waals surface area (Å²) in [4.78, 5) is 48.8. The van der Waals surface area contributed by atoms with E-state index in [9.17, 15) is 19.2 Å². The third kappa shape index (κ3) is 14.9. The summed E-state index contributed by atoms with van der Waals surface area (Å²) in [6.07, 6.45) is 7.96. The molecule has 0 saturated heterocycles. The summed E-state index contributed by atoms with van der Waals surface area (Å²) in [7, 11) is 1.83. The van der Waals surface area contributed by atoms with E-state index in [1.54, 1.807) is 4.90 Å². The Labute approximate surface area is 177 Å². The summed E-state index contributed by atoms with van der Waals surface area (Å²) in [5.74, 6) is 0.482. The minimum absolute atomic E-state index is 0.0523. The molecule has 0 saturated carbocycles. The molecule has 0 aliphatic carbocycles. The van der Waals surface area contributed by atoms with E-state index in [1.165, 1.54) is 0 Å². The first-order valence-electron chi connectivity index (χ1n) is 11.2. The van der Waals surface area contributed by atoms with Crippen molar-refractivity contribution in [3.05, 3.63) is 0 Å². The lowest BCUT2D eigenvalue weighted by molar-refractivity contribution is -0.131. The van der Waals surface area contributed by atoms with Crippen molar-refractivity contribution in [3.63, 3.8) is 0 Å². The van der Waals surface area contributed by atoms with Gasteiger partial charge in [-0.1, -0.05) is 33.1 Å². The number of ketones is 2. The zero-order chi connectivity index (χ0) is 22.2. The fourth-order valence-electron chi connectivity index (χ4n) is 2.84. The van der Waals surface area contributed by atoms with Gasteiger partial charge in [0.2, 0.25) is 11.8 Å². The van der Waals surface area contributed by atoms with Crippen molar-refractivity contribution in [2.24, 2.45) is 5.92 Å². The van der Waals surface area contributed by atoms with Crippen molar-refractivity contribution >= 4 is 23.4 Å². The fraction of sp³-hybridized carbons (Fsp3) is 0.826. The van der Waals surface area contributed by atoms with Crippen LogP contribution in [0.1, 0.15) is 98.3 Å². The fourth-order valence-corrected chi connectivity index (χ4v) is 2.84. The minimum Gasteiger partial charge on any atom is -0.349 e. The van der Waals surface area contributed by atoms with Crippen molar-refractivity contribution in [3.8, 4) is 0 Å². The summed E-state index contributed by atoms with van der Waals surface area (Å²) in [6.45, 7) is 7.90. The number of hydrogen-bond donors (Lipinski definition) is 1. The molecule has 0 heterocycles. The standard InChI is InChI=1S/C23H42N2O4/c1-18(2)21(27)14-10-8-11-15-22(28)24-17-20(26)13-9-6-7-12-16-23(29)25(5)19(3)4/h18-19H,6-17H2,1-5H3,(H,24,28). The van der Waals surface area contributed by atoms with Crippen LogP contribution in [-0.2, 0) is 19.2 Å². The van der Waals surface area contributed by atoms with E-state index in [-0.39, 0.29) is 41.9 Å². The Morgan fingerprint density at radius 3 is 1.83 bits per heavy atom. The first kappa shape index (κ1) is 27.3. The molecule has 0 radical (unpaired) electrons. The number of rotatable bonds is 17. The van der Waals surface area contributed by atoms with Crippen molar-refractivity contribution in [2.45, 2.75) is 104 Å². The van der Waals surface area contributed by atoms with Gasteiger partial charge >= 0.3 is 0 Å². The van der Waals surface area contributed by atoms with Crippen LogP contribution in [0, 0.1) is 5.92 Å². The van der Waals surface area contributed by atoms with E-state index >= 15 is 0 Å². The predicted octanol–water partition coefficient (Wildman–Crippen LogP) is 4.05. The second-order valence-electron chi connectivity index (χ2n) is 8.51. The molecule has 0 atom stereocenters. The number of amides is 2. The molecule has 0 aromatic heterocycles. The number of nitrogens with one attached hydrogen (secondary N) is 1. The van der Waals surface area contributed by atoms with Crippen molar-refractivity contribution in [1.29, 1.82) is 0 Å². The number of unbranched alkanes of at least 4 members (excludes halogenated alkanes) is 5. The van der Waals surface area contributed by atoms with Crippen LogP contribution >= 0.6 is 0 Å². The third-order valence-electron chi connectivity index (χ3n) is 5.22. The van der Waals surface area contributed by atoms with Gasteiger partial charge in [-0.25, -0.2) is 0 Å². The molecular weight excluding hydrogens is 368 g/mol. The average molecular weight is 411 g/mol. The van der Waals surface area contributed by atoms with Gasteiger partial charge in [-0.15, -0.1) is 0 Å². The van der Waals surface area contributed by atoms with E-state index < -0.39 is 0 Å². The maximum Gasteiger partial charge on any atom is 0.222 e. The van der Waals surface area contributed by atoms with Gasteiger partial charge in [0.1, 0.15) is 5.78 Å². The highest BCUT2D eigenvalue weighted by atomic mass is 16.2. The summed E-state index contributed by atoms with van der Waals surface area (Å²) >= 11 is 0. The molecule has 0 unspecified atom stereocenters. The first-order valence-corrected chi connectivity index (χ1v) is 11.2. The molecule has 0 aromatic carbocycles. The number of carbonyl (C=O) groups is 4. The Balaban J connectivity index is 3.60. The molecule has 0 bridgehead atoms. The van der Waals surface area contributed by atoms with Crippen molar-refractivity contribution in [2.75, 3.05) is 13.6 Å². The highest BCUT2D eigenvalue weighted by Crippen LogP contribution is 2.09. The molecule has 6 heteroatoms. The molecule has 0 aromatic rings. The Morgan fingerprint density at radius 2 is 1.24 bits per heavy atom. The molecule has 1 N–H and O–H groups in total. The van der Waals surface area contributed by atoms with Gasteiger partial charge < -0.3 is 10.2 Å². The van der Waals surface area contributed by atoms with E-state index in [4.69, 9.17) is 0 Å². The van der Waals surface area contributed by atoms with Crippen LogP contribution in [0.4, 0.5) is 0 Å². The molecule has 0 spiro atoms. The molecule has 29 heavy (non-hydrogen) atoms. The average Bonchev–Trinajstić information content (AvgIpc) is 2.67. The molecule has 0 aliphatic rings. The van der Waals surface area contributed by atoms with Crippen LogP contribution in [0.2, 0.25) is 0 Å². The van der Waals surface area contributed by atoms with Crippen LogP contribution in [0.3, 0.4) is 0 Å². The normalized spacial score (nSPS) is 11.0. The number of Topliss-reactive ketones (excluding diaryl/α,β-unsaturated/α-hetero) is 2. The lowest BCUT2D eigenvalue weighted by atomic mass is 10.0. The first-order chi connectivity index (χ1) is 13.6. The second kappa shape index (κ2) is 16.1. The zero-order valence-electron chi connectivity index (χ0n) is 19.2. The van der Waals surface area contributed by atoms with Gasteiger partial charge in [0.15, 0.2) is 5.78 Å². The quantitative estimate of drug-likeness (QED) is 0.367. The summed E-state index contributed by atoms with van der Waals surface area (Å²) < 4.78 is 0. The molecule has 0 fully saturated rings. The van der Waals surface area contributed by atoms with E-state index in [0.717, 1.165) is 44.9 Å². The predicted molar refractivity (Wildman–Crippen MR) is 117 cm³/mol. The largest absolute Gasteiger partial charge is 0.349 e. The van der Waals surface area contributed by atoms with Gasteiger partial charge in [-0.3, -0.25) is 19.2 Å². The van der Waals surface area contributed by atoms with Gasteiger partial charge in [0.25, 0.3) is 0 Å². The Bertz CT molecular complexity index is 515. The van der Waals surface area contributed by atoms with E-state index in [0.29, 0.717) is 25.7 Å². The lowest BCUT2D eigenvalue weighted by Crippen LogP contribution is -2.32. The lowest BCUT2D eigenvalue weighted by Gasteiger charge is -2.21. The topological polar surface area (TPSA) is 83.5 Å². The highest BCUT2D eigenvalue weighted by molar-refractivity contribution is 5.86. The van der Waals surface area contributed by atoms with Crippen LogP contribution in [0.5, 0.6) is 0 Å². The molecule has 0 aliphatic heterocycles. The highest BCUT2D eigenvalue weighted by Gasteiger charge is 2.11. The summed E-state index contributed by atoms with van der Waals surface area (Å²) in [5, 5.41) is 2.68. The van der Waals surface area contributed by atoms with Gasteiger partial charge in [-0.05, 0) is 39.5 Å². The summed E-state index contributed by atoms with van der Waals surface area (Å²) in [5.41, 5.74) is 0. The van der Waals surface area contributed by atoms with Gasteiger partial charge in [-0.2, -0.15) is 0 Å². The van der Waals surface area contributed by atoms with Crippen LogP contribution < -0.4 is 5.32 Å².